The smallest absolute Gasteiger partial charge is 0.261 e. The predicted octanol–water partition coefficient (Wildman–Crippen LogP) is 3.29. The van der Waals surface area contributed by atoms with E-state index in [1.54, 1.807) is 48.8 Å². The Hall–Kier alpha value is -3.34. The van der Waals surface area contributed by atoms with E-state index in [0.29, 0.717) is 24.6 Å². The number of thiophene rings is 1. The summed E-state index contributed by atoms with van der Waals surface area (Å²) in [5.41, 5.74) is 0.802. The molecule has 1 fully saturated rings. The van der Waals surface area contributed by atoms with Crippen LogP contribution in [0.4, 0.5) is 5.82 Å². The number of sulfone groups is 1. The van der Waals surface area contributed by atoms with Gasteiger partial charge in [0.25, 0.3) is 5.91 Å². The van der Waals surface area contributed by atoms with Gasteiger partial charge in [-0.2, -0.15) is 0 Å². The fraction of sp³-hybridized carbons (Fsp3) is 0.208. The highest BCUT2D eigenvalue weighted by molar-refractivity contribution is 7.91. The van der Waals surface area contributed by atoms with E-state index in [1.165, 1.54) is 17.5 Å². The lowest BCUT2D eigenvalue weighted by Gasteiger charge is -2.27. The normalized spacial score (nSPS) is 14.3. The van der Waals surface area contributed by atoms with Gasteiger partial charge in [0.1, 0.15) is 5.82 Å². The zero-order valence-electron chi connectivity index (χ0n) is 18.2. The molecule has 1 aliphatic heterocycles. The Balaban J connectivity index is 1.24. The number of benzene rings is 1. The number of hydrogen-bond donors (Lipinski definition) is 1. The largest absolute Gasteiger partial charge is 0.378 e. The van der Waals surface area contributed by atoms with Gasteiger partial charge >= 0.3 is 0 Å². The third-order valence-corrected chi connectivity index (χ3v) is 8.44. The first-order valence-corrected chi connectivity index (χ1v) is 13.1. The minimum Gasteiger partial charge on any atom is -0.378 e. The third-order valence-electron chi connectivity index (χ3n) is 5.60. The quantitative estimate of drug-likeness (QED) is 0.439. The Kier molecular flexibility index (Phi) is 6.27. The fourth-order valence-corrected chi connectivity index (χ4v) is 5.85. The van der Waals surface area contributed by atoms with Gasteiger partial charge in [-0.25, -0.2) is 13.4 Å². The van der Waals surface area contributed by atoms with E-state index < -0.39 is 9.84 Å². The highest BCUT2D eigenvalue weighted by Crippen LogP contribution is 2.25. The average Bonchev–Trinajstić information content (AvgIpc) is 3.33. The summed E-state index contributed by atoms with van der Waals surface area (Å²) in [4.78, 5) is 23.9. The summed E-state index contributed by atoms with van der Waals surface area (Å²) in [5.74, 6) is 0.563. The van der Waals surface area contributed by atoms with Crippen LogP contribution in [0.25, 0.3) is 10.1 Å². The molecule has 0 radical (unpaired) electrons. The molecule has 0 unspecified atom stereocenters. The van der Waals surface area contributed by atoms with Gasteiger partial charge in [0.2, 0.25) is 9.84 Å². The van der Waals surface area contributed by atoms with Crippen LogP contribution < -0.4 is 10.2 Å². The molecule has 10 heteroatoms. The van der Waals surface area contributed by atoms with Crippen molar-refractivity contribution in [2.24, 2.45) is 0 Å². The maximum Gasteiger partial charge on any atom is 0.261 e. The number of nitrogens with one attached hydrogen (secondary N) is 1. The summed E-state index contributed by atoms with van der Waals surface area (Å²) in [7, 11) is -3.69. The number of fused-ring (bicyclic) bond motifs is 1. The molecule has 4 heterocycles. The number of amides is 1. The average molecular weight is 495 g/mol. The molecule has 5 rings (SSSR count). The molecule has 1 saturated heterocycles. The molecule has 1 N–H and O–H groups in total. The lowest BCUT2D eigenvalue weighted by molar-refractivity contribution is 0.0955. The van der Waals surface area contributed by atoms with Crippen LogP contribution in [0.3, 0.4) is 0 Å². The molecule has 1 aliphatic rings. The minimum absolute atomic E-state index is 0.143. The van der Waals surface area contributed by atoms with Gasteiger partial charge in [0.05, 0.1) is 32.6 Å². The van der Waals surface area contributed by atoms with E-state index in [0.717, 1.165) is 34.6 Å². The summed E-state index contributed by atoms with van der Waals surface area (Å²) >= 11 is 1.38. The zero-order chi connectivity index (χ0) is 23.5. The van der Waals surface area contributed by atoms with Crippen molar-refractivity contribution in [1.29, 1.82) is 0 Å². The van der Waals surface area contributed by atoms with Crippen LogP contribution in [0, 0.1) is 0 Å². The monoisotopic (exact) mass is 494 g/mol. The zero-order valence-corrected chi connectivity index (χ0v) is 19.8. The molecular weight excluding hydrogens is 472 g/mol. The molecule has 8 nitrogen and oxygen atoms in total. The Bertz CT molecular complexity index is 1380. The van der Waals surface area contributed by atoms with E-state index in [1.807, 2.05) is 12.1 Å². The second-order valence-corrected chi connectivity index (χ2v) is 10.8. The van der Waals surface area contributed by atoms with Crippen molar-refractivity contribution >= 4 is 43.0 Å². The highest BCUT2D eigenvalue weighted by atomic mass is 32.2. The van der Waals surface area contributed by atoms with Gasteiger partial charge in [-0.15, -0.1) is 11.3 Å². The Morgan fingerprint density at radius 3 is 2.50 bits per heavy atom. The molecule has 0 atom stereocenters. The van der Waals surface area contributed by atoms with Crippen LogP contribution in [0.15, 0.2) is 76.9 Å². The van der Waals surface area contributed by atoms with Crippen LogP contribution in [-0.2, 0) is 21.1 Å². The van der Waals surface area contributed by atoms with Gasteiger partial charge in [-0.1, -0.05) is 12.1 Å². The maximum absolute atomic E-state index is 13.0. The molecule has 4 aromatic rings. The molecular formula is C24H22N4O4S2. The minimum atomic E-state index is -3.69. The Morgan fingerprint density at radius 2 is 1.79 bits per heavy atom. The van der Waals surface area contributed by atoms with E-state index in [2.05, 4.69) is 20.2 Å². The number of hydrogen-bond acceptors (Lipinski definition) is 8. The molecule has 0 aliphatic carbocycles. The van der Waals surface area contributed by atoms with Crippen molar-refractivity contribution in [2.75, 3.05) is 31.2 Å². The number of carbonyl (C=O) groups excluding carboxylic acids is 1. The summed E-state index contributed by atoms with van der Waals surface area (Å²) in [6.45, 7) is 3.03. The van der Waals surface area contributed by atoms with Crippen LogP contribution in [0.5, 0.6) is 0 Å². The van der Waals surface area contributed by atoms with E-state index in [-0.39, 0.29) is 15.7 Å². The van der Waals surface area contributed by atoms with Gasteiger partial charge in [0.15, 0.2) is 0 Å². The molecule has 34 heavy (non-hydrogen) atoms. The number of ether oxygens (including phenoxy) is 1. The molecule has 3 aromatic heterocycles. The number of pyridine rings is 2. The molecule has 1 aromatic carbocycles. The van der Waals surface area contributed by atoms with Crippen molar-refractivity contribution in [1.82, 2.24) is 15.3 Å². The third kappa shape index (κ3) is 4.65. The van der Waals surface area contributed by atoms with Crippen LogP contribution in [0.1, 0.15) is 15.2 Å². The lowest BCUT2D eigenvalue weighted by atomic mass is 10.2. The lowest BCUT2D eigenvalue weighted by Crippen LogP contribution is -2.36. The topological polar surface area (TPSA) is 101 Å². The van der Waals surface area contributed by atoms with E-state index in [4.69, 9.17) is 4.74 Å². The summed E-state index contributed by atoms with van der Waals surface area (Å²) in [5, 5.41) is 3.86. The Labute approximate surface area is 201 Å². The van der Waals surface area contributed by atoms with Gasteiger partial charge in [-0.05, 0) is 47.3 Å². The summed E-state index contributed by atoms with van der Waals surface area (Å²) in [6.07, 6.45) is 4.83. The first-order chi connectivity index (χ1) is 16.5. The van der Waals surface area contributed by atoms with E-state index in [9.17, 15) is 13.2 Å². The molecule has 174 valence electrons. The van der Waals surface area contributed by atoms with Crippen molar-refractivity contribution in [3.8, 4) is 0 Å². The SMILES string of the molecule is O=C(NCc1ccc(S(=O)(=O)c2ccc(N3CCOCC3)nc2)cc1)c1cc2ccncc2s1. The molecule has 0 spiro atoms. The number of anilines is 1. The van der Waals surface area contributed by atoms with Crippen molar-refractivity contribution < 1.29 is 17.9 Å². The number of aromatic nitrogens is 2. The van der Waals surface area contributed by atoms with Crippen LogP contribution in [0.2, 0.25) is 0 Å². The predicted molar refractivity (Wildman–Crippen MR) is 130 cm³/mol. The first kappa shape index (κ1) is 22.5. The van der Waals surface area contributed by atoms with Crippen LogP contribution in [-0.4, -0.2) is 50.6 Å². The standard InChI is InChI=1S/C24H22N4O4S2/c29-24(21-13-18-7-8-25-16-22(18)33-21)27-14-17-1-3-19(4-2-17)34(30,31)20-5-6-23(26-15-20)28-9-11-32-12-10-28/h1-8,13,15-16H,9-12,14H2,(H,27,29). The number of rotatable bonds is 6. The number of morpholine rings is 1. The second kappa shape index (κ2) is 9.49. The highest BCUT2D eigenvalue weighted by Gasteiger charge is 2.20. The molecule has 1 amide bonds. The van der Waals surface area contributed by atoms with Gasteiger partial charge in [0, 0.05) is 38.2 Å². The summed E-state index contributed by atoms with van der Waals surface area (Å²) in [6, 6.07) is 13.5. The van der Waals surface area contributed by atoms with Crippen molar-refractivity contribution in [3.63, 3.8) is 0 Å². The van der Waals surface area contributed by atoms with E-state index >= 15 is 0 Å². The van der Waals surface area contributed by atoms with Gasteiger partial charge in [-0.3, -0.25) is 9.78 Å². The molecule has 0 bridgehead atoms. The second-order valence-electron chi connectivity index (χ2n) is 7.81. The first-order valence-electron chi connectivity index (χ1n) is 10.8. The maximum atomic E-state index is 13.0. The van der Waals surface area contributed by atoms with Crippen molar-refractivity contribution in [3.05, 3.63) is 77.6 Å². The number of carbonyl (C=O) groups is 1. The van der Waals surface area contributed by atoms with Crippen LogP contribution >= 0.6 is 11.3 Å². The Morgan fingerprint density at radius 1 is 1.03 bits per heavy atom. The fourth-order valence-electron chi connectivity index (χ4n) is 3.70. The summed E-state index contributed by atoms with van der Waals surface area (Å²) < 4.78 is 32.3. The number of nitrogens with zero attached hydrogens (tertiary/aromatic N) is 3. The van der Waals surface area contributed by atoms with Gasteiger partial charge < -0.3 is 15.0 Å². The van der Waals surface area contributed by atoms with Crippen molar-refractivity contribution in [2.45, 2.75) is 16.3 Å². The molecule has 0 saturated carbocycles.